The Morgan fingerprint density at radius 2 is 1.76 bits per heavy atom. The summed E-state index contributed by atoms with van der Waals surface area (Å²) < 4.78 is 18.6. The summed E-state index contributed by atoms with van der Waals surface area (Å²) in [5.41, 5.74) is 22.3. The average Bonchev–Trinajstić information content (AvgIpc) is 3.92. The van der Waals surface area contributed by atoms with Crippen molar-refractivity contribution in [3.05, 3.63) is 113 Å². The van der Waals surface area contributed by atoms with Gasteiger partial charge in [-0.25, -0.2) is 4.39 Å². The smallest absolute Gasteiger partial charge is 0.145 e. The number of ether oxygens (including phenoxy) is 1. The lowest BCUT2D eigenvalue weighted by Gasteiger charge is -2.21. The Morgan fingerprint density at radius 3 is 2.28 bits per heavy atom. The predicted molar refractivity (Wildman–Crippen MR) is 195 cm³/mol. The Labute approximate surface area is 276 Å². The fourth-order valence-electron chi connectivity index (χ4n) is 5.22. The highest BCUT2D eigenvalue weighted by molar-refractivity contribution is 5.87. The number of aryl methyl sites for hydroxylation is 1. The molecule has 2 aromatic heterocycles. The van der Waals surface area contributed by atoms with Crippen molar-refractivity contribution in [2.45, 2.75) is 79.6 Å². The largest absolute Gasteiger partial charge is 0.494 e. The molecule has 1 saturated carbocycles. The zero-order chi connectivity index (χ0) is 34.2. The summed E-state index contributed by atoms with van der Waals surface area (Å²) in [6.07, 6.45) is 10.5. The molecule has 2 atom stereocenters. The first-order chi connectivity index (χ1) is 22.2. The van der Waals surface area contributed by atoms with Crippen LogP contribution in [-0.2, 0) is 0 Å². The quantitative estimate of drug-likeness (QED) is 0.191. The number of halogens is 1. The molecule has 0 saturated heterocycles. The minimum Gasteiger partial charge on any atom is -0.494 e. The van der Waals surface area contributed by atoms with Gasteiger partial charge in [-0.1, -0.05) is 40.3 Å². The number of hydrogen-bond acceptors (Lipinski definition) is 5. The summed E-state index contributed by atoms with van der Waals surface area (Å²) in [5.74, 6) is 2.05. The van der Waals surface area contributed by atoms with E-state index in [0.29, 0.717) is 24.3 Å². The van der Waals surface area contributed by atoms with Gasteiger partial charge in [0.2, 0.25) is 0 Å². The number of aromatic nitrogens is 2. The number of allylic oxidation sites excluding steroid dienone is 1. The van der Waals surface area contributed by atoms with E-state index < -0.39 is 0 Å². The minimum atomic E-state index is -0.215. The summed E-state index contributed by atoms with van der Waals surface area (Å²) in [6, 6.07) is 15.0. The van der Waals surface area contributed by atoms with Crippen LogP contribution in [0.5, 0.6) is 5.75 Å². The lowest BCUT2D eigenvalue weighted by atomic mass is 9.88. The van der Waals surface area contributed by atoms with Crippen molar-refractivity contribution in [3.63, 3.8) is 0 Å². The maximum atomic E-state index is 13.3. The van der Waals surface area contributed by atoms with Crippen LogP contribution in [0.1, 0.15) is 93.7 Å². The number of benzene rings is 2. The second kappa shape index (κ2) is 19.3. The normalized spacial score (nSPS) is 13.2. The number of nitrogens with zero attached hydrogens (tertiary/aromatic N) is 2. The van der Waals surface area contributed by atoms with Crippen LogP contribution in [0.2, 0.25) is 0 Å². The molecular weight excluding hydrogens is 571 g/mol. The predicted octanol–water partition coefficient (Wildman–Crippen LogP) is 10.0. The van der Waals surface area contributed by atoms with Gasteiger partial charge in [0.25, 0.3) is 0 Å². The molecule has 0 radical (unpaired) electrons. The first-order valence-corrected chi connectivity index (χ1v) is 16.3. The van der Waals surface area contributed by atoms with Gasteiger partial charge in [-0.05, 0) is 135 Å². The van der Waals surface area contributed by atoms with Crippen LogP contribution in [0.3, 0.4) is 0 Å². The number of nitrogens with two attached hydrogens (primary N) is 2. The highest BCUT2D eigenvalue weighted by Gasteiger charge is 2.33. The van der Waals surface area contributed by atoms with Crippen LogP contribution >= 0.6 is 0 Å². The average molecular weight is 625 g/mol. The van der Waals surface area contributed by atoms with Gasteiger partial charge in [-0.15, -0.1) is 5.73 Å². The highest BCUT2D eigenvalue weighted by atomic mass is 19.1. The van der Waals surface area contributed by atoms with Crippen molar-refractivity contribution in [1.29, 1.82) is 0 Å². The van der Waals surface area contributed by atoms with E-state index in [1.807, 2.05) is 58.2 Å². The maximum absolute atomic E-state index is 13.3. The van der Waals surface area contributed by atoms with Crippen LogP contribution in [0.4, 0.5) is 4.39 Å². The van der Waals surface area contributed by atoms with E-state index in [1.54, 1.807) is 13.2 Å². The van der Waals surface area contributed by atoms with E-state index in [4.69, 9.17) is 21.2 Å². The van der Waals surface area contributed by atoms with Gasteiger partial charge in [0.1, 0.15) is 17.1 Å². The molecule has 0 spiro atoms. The Kier molecular flexibility index (Phi) is 15.9. The number of hydrogen-bond donors (Lipinski definition) is 2. The van der Waals surface area contributed by atoms with Crippen molar-refractivity contribution < 1.29 is 9.13 Å². The molecular formula is C40H53FN4O. The zero-order valence-electron chi connectivity index (χ0n) is 29.0. The number of pyridine rings is 2. The van der Waals surface area contributed by atoms with E-state index in [9.17, 15) is 4.39 Å². The minimum absolute atomic E-state index is 0.215. The summed E-state index contributed by atoms with van der Waals surface area (Å²) in [4.78, 5) is 9.36. The summed E-state index contributed by atoms with van der Waals surface area (Å²) >= 11 is 0. The van der Waals surface area contributed by atoms with Crippen LogP contribution < -0.4 is 16.2 Å². The molecule has 1 aliphatic rings. The maximum Gasteiger partial charge on any atom is 0.145 e. The topological polar surface area (TPSA) is 87.0 Å². The summed E-state index contributed by atoms with van der Waals surface area (Å²) in [5, 5.41) is 1.07. The summed E-state index contributed by atoms with van der Waals surface area (Å²) in [7, 11) is 1.65. The van der Waals surface area contributed by atoms with Gasteiger partial charge in [-0.2, -0.15) is 0 Å². The second-order valence-electron chi connectivity index (χ2n) is 11.3. The molecule has 0 amide bonds. The van der Waals surface area contributed by atoms with Crippen molar-refractivity contribution in [3.8, 4) is 17.0 Å². The fraction of sp³-hybridized carbons (Fsp3) is 0.375. The molecule has 1 fully saturated rings. The third-order valence-electron chi connectivity index (χ3n) is 8.01. The molecule has 0 bridgehead atoms. The summed E-state index contributed by atoms with van der Waals surface area (Å²) in [6.45, 7) is 18.7. The fourth-order valence-corrected chi connectivity index (χ4v) is 5.22. The first-order valence-electron chi connectivity index (χ1n) is 16.3. The molecule has 0 aliphatic heterocycles. The Hall–Kier alpha value is -4.25. The first kappa shape index (κ1) is 37.9. The SMILES string of the molecule is C=C=Cc1cc(OC)c2ncc(C)cc2c1.CC.CC=CN.CCC(C)c1cc(C(CN)C2CC2)nc(-c2ccc(F)cc2)c1C. The molecule has 2 aromatic carbocycles. The van der Waals surface area contributed by atoms with Gasteiger partial charge in [-0.3, -0.25) is 9.97 Å². The Bertz CT molecular complexity index is 1600. The molecule has 1 aliphatic carbocycles. The lowest BCUT2D eigenvalue weighted by Crippen LogP contribution is -2.17. The van der Waals surface area contributed by atoms with Gasteiger partial charge < -0.3 is 16.2 Å². The zero-order valence-corrected chi connectivity index (χ0v) is 29.0. The van der Waals surface area contributed by atoms with Gasteiger partial charge >= 0.3 is 0 Å². The molecule has 5 rings (SSSR count). The van der Waals surface area contributed by atoms with Crippen LogP contribution in [-0.4, -0.2) is 23.6 Å². The molecule has 5 nitrogen and oxygen atoms in total. The van der Waals surface area contributed by atoms with Crippen LogP contribution in [0.15, 0.2) is 79.3 Å². The third-order valence-corrected chi connectivity index (χ3v) is 8.01. The second-order valence-corrected chi connectivity index (χ2v) is 11.3. The Morgan fingerprint density at radius 1 is 1.11 bits per heavy atom. The molecule has 6 heteroatoms. The van der Waals surface area contributed by atoms with Gasteiger partial charge in [0, 0.05) is 35.3 Å². The molecule has 4 N–H and O–H groups in total. The molecule has 2 heterocycles. The van der Waals surface area contributed by atoms with Crippen molar-refractivity contribution in [2.24, 2.45) is 17.4 Å². The molecule has 246 valence electrons. The molecule has 2 unspecified atom stereocenters. The monoisotopic (exact) mass is 624 g/mol. The number of rotatable bonds is 8. The van der Waals surface area contributed by atoms with E-state index in [0.717, 1.165) is 51.2 Å². The molecule has 4 aromatic rings. The Balaban J connectivity index is 0.000000289. The number of fused-ring (bicyclic) bond motifs is 1. The lowest BCUT2D eigenvalue weighted by molar-refractivity contribution is 0.419. The van der Waals surface area contributed by atoms with E-state index in [2.05, 4.69) is 56.3 Å². The van der Waals surface area contributed by atoms with Crippen LogP contribution in [0.25, 0.3) is 28.2 Å². The van der Waals surface area contributed by atoms with Crippen molar-refractivity contribution >= 4 is 17.0 Å². The molecule has 46 heavy (non-hydrogen) atoms. The standard InChI is InChI=1S/C21H27FN2.C14H13NO.C3H7N.C2H6/c1-4-13(2)18-11-20(19(12-23)15-5-6-15)24-21(14(18)3)16-7-9-17(22)10-8-16;1-4-5-11-7-12-6-10(2)9-15-14(12)13(8-11)16-3;1-2-3-4;1-2/h7-11,13,15,19H,4-6,12,23H2,1-3H3;5-9H,1H2,2-3H3;2-3H,4H2,1H3;1-2H3. The van der Waals surface area contributed by atoms with E-state index in [-0.39, 0.29) is 5.82 Å². The highest BCUT2D eigenvalue weighted by Crippen LogP contribution is 2.43. The van der Waals surface area contributed by atoms with Crippen molar-refractivity contribution in [2.75, 3.05) is 13.7 Å². The number of methoxy groups -OCH3 is 1. The van der Waals surface area contributed by atoms with E-state index in [1.165, 1.54) is 42.3 Å². The van der Waals surface area contributed by atoms with Crippen LogP contribution in [0, 0.1) is 25.6 Å². The van der Waals surface area contributed by atoms with Gasteiger partial charge in [0.15, 0.2) is 0 Å². The van der Waals surface area contributed by atoms with Crippen molar-refractivity contribution in [1.82, 2.24) is 9.97 Å². The van der Waals surface area contributed by atoms with E-state index >= 15 is 0 Å². The van der Waals surface area contributed by atoms with Gasteiger partial charge in [0.05, 0.1) is 12.8 Å². The third kappa shape index (κ3) is 10.4.